The Balaban J connectivity index is 2.44. The molecular formula is C11H13N5O. The Morgan fingerprint density at radius 3 is 2.76 bits per heavy atom. The Hall–Kier alpha value is -2.24. The van der Waals surface area contributed by atoms with E-state index in [0.717, 1.165) is 11.1 Å². The molecule has 0 amide bonds. The molecule has 2 aromatic rings. The number of hydrogen-bond donors (Lipinski definition) is 1. The molecular weight excluding hydrogens is 218 g/mol. The minimum Gasteiger partial charge on any atom is -0.464 e. The molecule has 6 heteroatoms. The third-order valence-electron chi connectivity index (χ3n) is 2.04. The minimum atomic E-state index is 0.139. The summed E-state index contributed by atoms with van der Waals surface area (Å²) in [6.45, 7) is 4.29. The second-order valence-electron chi connectivity index (χ2n) is 3.48. The molecule has 0 aliphatic carbocycles. The van der Waals surface area contributed by atoms with Crippen LogP contribution < -0.4 is 10.5 Å². The number of hydrogen-bond acceptors (Lipinski definition) is 6. The van der Waals surface area contributed by atoms with Gasteiger partial charge in [0.05, 0.1) is 6.61 Å². The standard InChI is InChI=1S/C11H13N5O/c1-3-17-11-15-9(14-10(12)16-11)8-4-7(2)5-13-6-8/h4-6H,3H2,1-2H3,(H2,12,14,15,16). The van der Waals surface area contributed by atoms with Gasteiger partial charge in [0.15, 0.2) is 5.82 Å². The SMILES string of the molecule is CCOc1nc(N)nc(-c2cncc(C)c2)n1. The molecule has 0 fully saturated rings. The summed E-state index contributed by atoms with van der Waals surface area (Å²) >= 11 is 0. The first-order chi connectivity index (χ1) is 8.19. The summed E-state index contributed by atoms with van der Waals surface area (Å²) in [5, 5.41) is 0. The maximum atomic E-state index is 5.60. The van der Waals surface area contributed by atoms with E-state index in [9.17, 15) is 0 Å². The van der Waals surface area contributed by atoms with Crippen LogP contribution in [0.1, 0.15) is 12.5 Å². The van der Waals surface area contributed by atoms with Crippen molar-refractivity contribution in [3.63, 3.8) is 0 Å². The van der Waals surface area contributed by atoms with Crippen LogP contribution in [-0.4, -0.2) is 26.5 Å². The monoisotopic (exact) mass is 231 g/mol. The second kappa shape index (κ2) is 4.73. The highest BCUT2D eigenvalue weighted by Crippen LogP contribution is 2.17. The van der Waals surface area contributed by atoms with Gasteiger partial charge in [-0.05, 0) is 25.5 Å². The molecule has 6 nitrogen and oxygen atoms in total. The quantitative estimate of drug-likeness (QED) is 0.854. The van der Waals surface area contributed by atoms with Crippen molar-refractivity contribution in [1.82, 2.24) is 19.9 Å². The number of pyridine rings is 1. The van der Waals surface area contributed by atoms with Crippen LogP contribution in [0.25, 0.3) is 11.4 Å². The van der Waals surface area contributed by atoms with E-state index in [2.05, 4.69) is 19.9 Å². The van der Waals surface area contributed by atoms with E-state index < -0.39 is 0 Å². The van der Waals surface area contributed by atoms with Crippen molar-refractivity contribution in [2.24, 2.45) is 0 Å². The molecule has 0 spiro atoms. The molecule has 2 heterocycles. The van der Waals surface area contributed by atoms with Crippen LogP contribution in [0.4, 0.5) is 5.95 Å². The Labute approximate surface area is 98.9 Å². The zero-order valence-corrected chi connectivity index (χ0v) is 9.71. The van der Waals surface area contributed by atoms with Crippen molar-refractivity contribution in [2.75, 3.05) is 12.3 Å². The van der Waals surface area contributed by atoms with Gasteiger partial charge in [0.25, 0.3) is 0 Å². The molecule has 0 aromatic carbocycles. The molecule has 0 saturated carbocycles. The zero-order valence-electron chi connectivity index (χ0n) is 9.71. The number of nitrogen functional groups attached to an aromatic ring is 1. The van der Waals surface area contributed by atoms with Gasteiger partial charge in [-0.2, -0.15) is 15.0 Å². The van der Waals surface area contributed by atoms with Crippen LogP contribution in [-0.2, 0) is 0 Å². The summed E-state index contributed by atoms with van der Waals surface area (Å²) < 4.78 is 5.22. The Bertz CT molecular complexity index is 529. The van der Waals surface area contributed by atoms with Gasteiger partial charge >= 0.3 is 6.01 Å². The fourth-order valence-corrected chi connectivity index (χ4v) is 1.37. The lowest BCUT2D eigenvalue weighted by molar-refractivity contribution is 0.312. The molecule has 0 aliphatic rings. The Morgan fingerprint density at radius 2 is 2.06 bits per heavy atom. The molecule has 0 aliphatic heterocycles. The van der Waals surface area contributed by atoms with E-state index in [1.54, 1.807) is 12.4 Å². The molecule has 0 radical (unpaired) electrons. The normalized spacial score (nSPS) is 10.2. The summed E-state index contributed by atoms with van der Waals surface area (Å²) in [5.74, 6) is 0.608. The van der Waals surface area contributed by atoms with Crippen LogP contribution in [0.2, 0.25) is 0 Å². The van der Waals surface area contributed by atoms with E-state index in [1.807, 2.05) is 19.9 Å². The first-order valence-corrected chi connectivity index (χ1v) is 5.25. The number of aromatic nitrogens is 4. The molecule has 2 N–H and O–H groups in total. The minimum absolute atomic E-state index is 0.139. The number of ether oxygens (including phenoxy) is 1. The van der Waals surface area contributed by atoms with E-state index in [4.69, 9.17) is 10.5 Å². The lowest BCUT2D eigenvalue weighted by Gasteiger charge is -2.05. The fourth-order valence-electron chi connectivity index (χ4n) is 1.37. The van der Waals surface area contributed by atoms with E-state index in [0.29, 0.717) is 12.4 Å². The molecule has 0 saturated heterocycles. The highest BCUT2D eigenvalue weighted by Gasteiger charge is 2.07. The van der Waals surface area contributed by atoms with Crippen molar-refractivity contribution >= 4 is 5.95 Å². The topological polar surface area (TPSA) is 86.8 Å². The molecule has 0 unspecified atom stereocenters. The lowest BCUT2D eigenvalue weighted by atomic mass is 10.2. The molecule has 17 heavy (non-hydrogen) atoms. The third kappa shape index (κ3) is 2.66. The van der Waals surface area contributed by atoms with Gasteiger partial charge in [0.1, 0.15) is 0 Å². The predicted molar refractivity (Wildman–Crippen MR) is 63.4 cm³/mol. The van der Waals surface area contributed by atoms with Crippen LogP contribution in [0.5, 0.6) is 6.01 Å². The van der Waals surface area contributed by atoms with Crippen molar-refractivity contribution in [1.29, 1.82) is 0 Å². The van der Waals surface area contributed by atoms with Crippen LogP contribution in [0.15, 0.2) is 18.5 Å². The number of anilines is 1. The van der Waals surface area contributed by atoms with E-state index in [1.165, 1.54) is 0 Å². The smallest absolute Gasteiger partial charge is 0.321 e. The summed E-state index contributed by atoms with van der Waals surface area (Å²) in [7, 11) is 0. The van der Waals surface area contributed by atoms with Gasteiger partial charge in [0, 0.05) is 18.0 Å². The average Bonchev–Trinajstić information content (AvgIpc) is 2.28. The maximum absolute atomic E-state index is 5.60. The molecule has 2 aromatic heterocycles. The number of nitrogens with two attached hydrogens (primary N) is 1. The second-order valence-corrected chi connectivity index (χ2v) is 3.48. The van der Waals surface area contributed by atoms with Crippen molar-refractivity contribution in [2.45, 2.75) is 13.8 Å². The van der Waals surface area contributed by atoms with Gasteiger partial charge in [0.2, 0.25) is 5.95 Å². The third-order valence-corrected chi connectivity index (χ3v) is 2.04. The summed E-state index contributed by atoms with van der Waals surface area (Å²) in [6.07, 6.45) is 3.44. The Morgan fingerprint density at radius 1 is 1.24 bits per heavy atom. The van der Waals surface area contributed by atoms with Crippen molar-refractivity contribution in [3.05, 3.63) is 24.0 Å². The average molecular weight is 231 g/mol. The van der Waals surface area contributed by atoms with Gasteiger partial charge < -0.3 is 10.5 Å². The molecule has 0 bridgehead atoms. The van der Waals surface area contributed by atoms with E-state index in [-0.39, 0.29) is 12.0 Å². The van der Waals surface area contributed by atoms with Crippen LogP contribution in [0.3, 0.4) is 0 Å². The van der Waals surface area contributed by atoms with Crippen LogP contribution in [0, 0.1) is 6.92 Å². The van der Waals surface area contributed by atoms with Gasteiger partial charge in [-0.3, -0.25) is 4.98 Å². The predicted octanol–water partition coefficient (Wildman–Crippen LogP) is 1.22. The summed E-state index contributed by atoms with van der Waals surface area (Å²) in [5.41, 5.74) is 7.42. The molecule has 2 rings (SSSR count). The van der Waals surface area contributed by atoms with Gasteiger partial charge in [-0.15, -0.1) is 0 Å². The first kappa shape index (κ1) is 11.3. The zero-order chi connectivity index (χ0) is 12.3. The van der Waals surface area contributed by atoms with Crippen molar-refractivity contribution in [3.8, 4) is 17.4 Å². The summed E-state index contributed by atoms with van der Waals surface area (Å²) in [4.78, 5) is 16.2. The highest BCUT2D eigenvalue weighted by molar-refractivity contribution is 5.55. The highest BCUT2D eigenvalue weighted by atomic mass is 16.5. The van der Waals surface area contributed by atoms with Crippen LogP contribution >= 0.6 is 0 Å². The number of aryl methyl sites for hydroxylation is 1. The molecule has 88 valence electrons. The van der Waals surface area contributed by atoms with Crippen molar-refractivity contribution < 1.29 is 4.74 Å². The molecule has 0 atom stereocenters. The number of rotatable bonds is 3. The largest absolute Gasteiger partial charge is 0.464 e. The lowest BCUT2D eigenvalue weighted by Crippen LogP contribution is -2.04. The first-order valence-electron chi connectivity index (χ1n) is 5.25. The van der Waals surface area contributed by atoms with E-state index >= 15 is 0 Å². The Kier molecular flexibility index (Phi) is 3.13. The van der Waals surface area contributed by atoms with Gasteiger partial charge in [-0.1, -0.05) is 0 Å². The maximum Gasteiger partial charge on any atom is 0.321 e. The summed E-state index contributed by atoms with van der Waals surface area (Å²) in [6, 6.07) is 2.16. The van der Waals surface area contributed by atoms with Gasteiger partial charge in [-0.25, -0.2) is 0 Å². The number of nitrogens with zero attached hydrogens (tertiary/aromatic N) is 4. The fraction of sp³-hybridized carbons (Fsp3) is 0.273.